The van der Waals surface area contributed by atoms with Gasteiger partial charge >= 0.3 is 6.03 Å². The average Bonchev–Trinajstić information content (AvgIpc) is 3.25. The van der Waals surface area contributed by atoms with Crippen molar-refractivity contribution in [1.29, 1.82) is 0 Å². The Morgan fingerprint density at radius 1 is 1.21 bits per heavy atom. The van der Waals surface area contributed by atoms with Gasteiger partial charge in [0.15, 0.2) is 0 Å². The van der Waals surface area contributed by atoms with Crippen molar-refractivity contribution in [2.24, 2.45) is 0 Å². The van der Waals surface area contributed by atoms with E-state index < -0.39 is 11.9 Å². The molecule has 0 atom stereocenters. The Labute approximate surface area is 169 Å². The van der Waals surface area contributed by atoms with Crippen molar-refractivity contribution in [3.63, 3.8) is 0 Å². The predicted octanol–water partition coefficient (Wildman–Crippen LogP) is 2.81. The number of hydrogen-bond donors (Lipinski definition) is 2. The number of aromatic nitrogens is 2. The lowest BCUT2D eigenvalue weighted by Crippen LogP contribution is -2.41. The largest absolute Gasteiger partial charge is 0.333 e. The topological polar surface area (TPSA) is 93.1 Å². The smallest absolute Gasteiger partial charge is 0.321 e. The number of imide groups is 1. The number of nitrogens with one attached hydrogen (secondary N) is 2. The van der Waals surface area contributed by atoms with E-state index in [2.05, 4.69) is 15.6 Å². The Kier molecular flexibility index (Phi) is 5.54. The third-order valence-electron chi connectivity index (χ3n) is 4.76. The van der Waals surface area contributed by atoms with Gasteiger partial charge in [0.2, 0.25) is 5.91 Å². The molecule has 0 aliphatic heterocycles. The number of fused-ring (bicyclic) bond motifs is 3. The standard InChI is InChI=1S/C19H20N4O3S2/c24-15(22-19(26)20-9-12-5-4-8-27-12)10-23-11-21-17-16(18(23)25)13-6-2-1-3-7-14(13)28-17/h4-5,8,11H,1-3,6-7,9-10H2,(H2,20,22,24,26). The fraction of sp³-hybridized carbons (Fsp3) is 0.368. The Morgan fingerprint density at radius 2 is 2.07 bits per heavy atom. The third kappa shape index (κ3) is 4.00. The molecule has 0 unspecified atom stereocenters. The zero-order chi connectivity index (χ0) is 19.5. The van der Waals surface area contributed by atoms with Crippen LogP contribution in [0, 0.1) is 0 Å². The van der Waals surface area contributed by atoms with Gasteiger partial charge in [0.25, 0.3) is 5.56 Å². The first-order valence-electron chi connectivity index (χ1n) is 9.21. The molecule has 3 amide bonds. The van der Waals surface area contributed by atoms with Crippen molar-refractivity contribution in [3.05, 3.63) is 49.5 Å². The summed E-state index contributed by atoms with van der Waals surface area (Å²) in [7, 11) is 0. The van der Waals surface area contributed by atoms with Crippen molar-refractivity contribution >= 4 is 44.8 Å². The highest BCUT2D eigenvalue weighted by molar-refractivity contribution is 7.18. The zero-order valence-electron chi connectivity index (χ0n) is 15.2. The Hall–Kier alpha value is -2.52. The van der Waals surface area contributed by atoms with E-state index in [-0.39, 0.29) is 12.1 Å². The quantitative estimate of drug-likeness (QED) is 0.640. The maximum Gasteiger partial charge on any atom is 0.321 e. The van der Waals surface area contributed by atoms with Crippen LogP contribution in [-0.4, -0.2) is 21.5 Å². The summed E-state index contributed by atoms with van der Waals surface area (Å²) in [6, 6.07) is 3.22. The van der Waals surface area contributed by atoms with Crippen molar-refractivity contribution in [3.8, 4) is 0 Å². The summed E-state index contributed by atoms with van der Waals surface area (Å²) in [5.74, 6) is -0.548. The van der Waals surface area contributed by atoms with Crippen LogP contribution in [0.1, 0.15) is 34.6 Å². The highest BCUT2D eigenvalue weighted by Gasteiger charge is 2.20. The van der Waals surface area contributed by atoms with Crippen LogP contribution in [0.4, 0.5) is 4.79 Å². The minimum absolute atomic E-state index is 0.210. The van der Waals surface area contributed by atoms with Crippen LogP contribution in [0.25, 0.3) is 10.2 Å². The molecular weight excluding hydrogens is 396 g/mol. The summed E-state index contributed by atoms with van der Waals surface area (Å²) < 4.78 is 1.28. The normalized spacial score (nSPS) is 13.7. The lowest BCUT2D eigenvalue weighted by atomic mass is 10.1. The monoisotopic (exact) mass is 416 g/mol. The van der Waals surface area contributed by atoms with Gasteiger partial charge in [-0.3, -0.25) is 19.5 Å². The fourth-order valence-corrected chi connectivity index (χ4v) is 5.28. The van der Waals surface area contributed by atoms with Gasteiger partial charge in [-0.1, -0.05) is 12.5 Å². The number of carbonyl (C=O) groups is 2. The Balaban J connectivity index is 1.46. The van der Waals surface area contributed by atoms with E-state index in [1.807, 2.05) is 17.5 Å². The molecule has 1 aliphatic rings. The molecule has 3 aromatic rings. The number of carbonyl (C=O) groups excluding carboxylic acids is 2. The summed E-state index contributed by atoms with van der Waals surface area (Å²) in [6.07, 6.45) is 6.63. The van der Waals surface area contributed by atoms with Crippen LogP contribution in [-0.2, 0) is 30.7 Å². The van der Waals surface area contributed by atoms with Gasteiger partial charge in [-0.2, -0.15) is 0 Å². The van der Waals surface area contributed by atoms with Gasteiger partial charge < -0.3 is 5.32 Å². The highest BCUT2D eigenvalue weighted by Crippen LogP contribution is 2.32. The van der Waals surface area contributed by atoms with Crippen LogP contribution in [0.3, 0.4) is 0 Å². The summed E-state index contributed by atoms with van der Waals surface area (Å²) in [4.78, 5) is 44.4. The van der Waals surface area contributed by atoms with E-state index in [0.29, 0.717) is 11.9 Å². The van der Waals surface area contributed by atoms with Gasteiger partial charge in [0, 0.05) is 9.75 Å². The molecule has 0 spiro atoms. The number of hydrogen-bond acceptors (Lipinski definition) is 6. The molecule has 3 heterocycles. The van der Waals surface area contributed by atoms with Gasteiger partial charge in [0.1, 0.15) is 11.4 Å². The van der Waals surface area contributed by atoms with Crippen LogP contribution in [0.15, 0.2) is 28.6 Å². The third-order valence-corrected chi connectivity index (χ3v) is 6.84. The number of rotatable bonds is 4. The second-order valence-electron chi connectivity index (χ2n) is 6.73. The molecule has 9 heteroatoms. The minimum Gasteiger partial charge on any atom is -0.333 e. The number of thiophene rings is 2. The first-order chi connectivity index (χ1) is 13.6. The molecule has 7 nitrogen and oxygen atoms in total. The average molecular weight is 417 g/mol. The number of urea groups is 1. The summed E-state index contributed by atoms with van der Waals surface area (Å²) in [6.45, 7) is 0.115. The van der Waals surface area contributed by atoms with Crippen molar-refractivity contribution in [2.45, 2.75) is 45.2 Å². The summed E-state index contributed by atoms with van der Waals surface area (Å²) >= 11 is 3.11. The Morgan fingerprint density at radius 3 is 2.89 bits per heavy atom. The zero-order valence-corrected chi connectivity index (χ0v) is 16.8. The molecule has 2 N–H and O–H groups in total. The van der Waals surface area contributed by atoms with Crippen LogP contribution < -0.4 is 16.2 Å². The van der Waals surface area contributed by atoms with Crippen LogP contribution in [0.5, 0.6) is 0 Å². The van der Waals surface area contributed by atoms with Crippen molar-refractivity contribution < 1.29 is 9.59 Å². The van der Waals surface area contributed by atoms with Gasteiger partial charge in [-0.15, -0.1) is 22.7 Å². The van der Waals surface area contributed by atoms with E-state index in [0.717, 1.165) is 41.0 Å². The van der Waals surface area contributed by atoms with Gasteiger partial charge in [0.05, 0.1) is 18.3 Å². The second-order valence-corrected chi connectivity index (χ2v) is 8.85. The summed E-state index contributed by atoms with van der Waals surface area (Å²) in [5, 5.41) is 7.45. The molecule has 0 bridgehead atoms. The maximum atomic E-state index is 12.9. The second kappa shape index (κ2) is 8.24. The molecule has 28 heavy (non-hydrogen) atoms. The molecule has 0 fully saturated rings. The van der Waals surface area contributed by atoms with Crippen molar-refractivity contribution in [2.75, 3.05) is 0 Å². The van der Waals surface area contributed by atoms with Crippen LogP contribution in [0.2, 0.25) is 0 Å². The molecule has 146 valence electrons. The lowest BCUT2D eigenvalue weighted by Gasteiger charge is -2.08. The van der Waals surface area contributed by atoms with Gasteiger partial charge in [-0.25, -0.2) is 9.78 Å². The fourth-order valence-electron chi connectivity index (χ4n) is 3.42. The maximum absolute atomic E-state index is 12.9. The molecule has 0 saturated heterocycles. The van der Waals surface area contributed by atoms with Crippen LogP contribution >= 0.6 is 22.7 Å². The molecule has 0 aromatic carbocycles. The first kappa shape index (κ1) is 18.8. The molecule has 3 aromatic heterocycles. The van der Waals surface area contributed by atoms with E-state index in [1.54, 1.807) is 11.3 Å². The molecule has 0 saturated carbocycles. The van der Waals surface area contributed by atoms with E-state index >= 15 is 0 Å². The van der Waals surface area contributed by atoms with Crippen molar-refractivity contribution in [1.82, 2.24) is 20.2 Å². The number of amides is 3. The molecule has 0 radical (unpaired) electrons. The number of aryl methyl sites for hydroxylation is 2. The first-order valence-corrected chi connectivity index (χ1v) is 10.9. The molecule has 4 rings (SSSR count). The highest BCUT2D eigenvalue weighted by atomic mass is 32.1. The minimum atomic E-state index is -0.579. The number of nitrogens with zero attached hydrogens (tertiary/aromatic N) is 2. The molecular formula is C19H20N4O3S2. The van der Waals surface area contributed by atoms with E-state index in [4.69, 9.17) is 0 Å². The van der Waals surface area contributed by atoms with E-state index in [9.17, 15) is 14.4 Å². The van der Waals surface area contributed by atoms with E-state index in [1.165, 1.54) is 33.5 Å². The Bertz CT molecular complexity index is 1070. The van der Waals surface area contributed by atoms with Gasteiger partial charge in [-0.05, 0) is 42.7 Å². The lowest BCUT2D eigenvalue weighted by molar-refractivity contribution is -0.120. The summed E-state index contributed by atoms with van der Waals surface area (Å²) in [5.41, 5.74) is 0.886. The SMILES string of the molecule is O=C(Cn1cnc2sc3c(c2c1=O)CCCCC3)NC(=O)NCc1cccs1. The molecule has 1 aliphatic carbocycles. The predicted molar refractivity (Wildman–Crippen MR) is 110 cm³/mol.